The monoisotopic (exact) mass is 588 g/mol. The van der Waals surface area contributed by atoms with E-state index in [1.165, 1.54) is 6.21 Å². The molecule has 11 heteroatoms. The van der Waals surface area contributed by atoms with Crippen molar-refractivity contribution >= 4 is 31.5 Å². The summed E-state index contributed by atoms with van der Waals surface area (Å²) in [6.45, 7) is 18.7. The Labute approximate surface area is 251 Å². The average molecular weight is 589 g/mol. The van der Waals surface area contributed by atoms with Gasteiger partial charge >= 0.3 is 25.3 Å². The molecule has 0 radical (unpaired) electrons. The summed E-state index contributed by atoms with van der Waals surface area (Å²) in [5.74, 6) is -1.98. The number of alkyl carbamates (subject to hydrolysis) is 1. The molecule has 2 atom stereocenters. The minimum absolute atomic E-state index is 0.0475. The number of carbonyl (C=O) groups is 3. The molecule has 1 aliphatic heterocycles. The van der Waals surface area contributed by atoms with Crippen LogP contribution in [0, 0.1) is 11.8 Å². The molecule has 1 aromatic rings. The van der Waals surface area contributed by atoms with Crippen LogP contribution in [-0.4, -0.2) is 60.4 Å². The van der Waals surface area contributed by atoms with Gasteiger partial charge in [-0.15, -0.1) is 0 Å². The molecule has 0 bridgehead atoms. The molecule has 234 valence electrons. The van der Waals surface area contributed by atoms with Crippen molar-refractivity contribution in [1.29, 1.82) is 0 Å². The highest BCUT2D eigenvalue weighted by Crippen LogP contribution is 2.38. The summed E-state index contributed by atoms with van der Waals surface area (Å²) in [5.41, 5.74) is -1.57. The van der Waals surface area contributed by atoms with Gasteiger partial charge in [0.05, 0.1) is 17.1 Å². The smallest absolute Gasteiger partial charge is 0.457 e. The van der Waals surface area contributed by atoms with Gasteiger partial charge in [0.1, 0.15) is 17.8 Å². The SMILES string of the molecule is CC(C)(C)OC(=O)NC[C@H](CCCB1OC(C)(C)C(C)(C)O1)C(/C=N/C(=O)OCc1ccccc1)C(=O)OC(C)(C)C. The molecule has 0 aromatic heterocycles. The van der Waals surface area contributed by atoms with Crippen LogP contribution in [0.4, 0.5) is 9.59 Å². The van der Waals surface area contributed by atoms with Crippen LogP contribution < -0.4 is 5.32 Å². The van der Waals surface area contributed by atoms with E-state index in [4.69, 9.17) is 23.5 Å². The Kier molecular flexibility index (Phi) is 12.2. The second-order valence-corrected chi connectivity index (χ2v) is 13.6. The van der Waals surface area contributed by atoms with Crippen molar-refractivity contribution in [2.75, 3.05) is 6.54 Å². The quantitative estimate of drug-likeness (QED) is 0.137. The highest BCUT2D eigenvalue weighted by atomic mass is 16.7. The lowest BCUT2D eigenvalue weighted by atomic mass is 9.79. The number of benzene rings is 1. The van der Waals surface area contributed by atoms with Crippen LogP contribution in [-0.2, 0) is 34.9 Å². The predicted octanol–water partition coefficient (Wildman–Crippen LogP) is 6.37. The summed E-state index contributed by atoms with van der Waals surface area (Å²) in [6.07, 6.45) is 1.49. The predicted molar refractivity (Wildman–Crippen MR) is 162 cm³/mol. The minimum atomic E-state index is -0.943. The maximum atomic E-state index is 13.4. The summed E-state index contributed by atoms with van der Waals surface area (Å²) < 4.78 is 28.6. The second-order valence-electron chi connectivity index (χ2n) is 13.6. The Morgan fingerprint density at radius 1 is 0.952 bits per heavy atom. The van der Waals surface area contributed by atoms with Crippen molar-refractivity contribution in [2.45, 2.75) is 117 Å². The van der Waals surface area contributed by atoms with Crippen molar-refractivity contribution < 1.29 is 37.9 Å². The molecule has 42 heavy (non-hydrogen) atoms. The lowest BCUT2D eigenvalue weighted by Crippen LogP contribution is -2.41. The zero-order valence-corrected chi connectivity index (χ0v) is 26.9. The van der Waals surface area contributed by atoms with Gasteiger partial charge in [0.2, 0.25) is 0 Å². The molecule has 1 heterocycles. The van der Waals surface area contributed by atoms with Gasteiger partial charge < -0.3 is 28.8 Å². The number of esters is 1. The van der Waals surface area contributed by atoms with Gasteiger partial charge in [-0.2, -0.15) is 4.99 Å². The molecule has 0 saturated carbocycles. The first-order valence-corrected chi connectivity index (χ1v) is 14.6. The van der Waals surface area contributed by atoms with Crippen LogP contribution in [0.2, 0.25) is 6.32 Å². The maximum absolute atomic E-state index is 13.4. The lowest BCUT2D eigenvalue weighted by Gasteiger charge is -2.32. The molecule has 1 aromatic carbocycles. The minimum Gasteiger partial charge on any atom is -0.459 e. The number of nitrogens with zero attached hydrogens (tertiary/aromatic N) is 1. The first-order valence-electron chi connectivity index (χ1n) is 14.6. The third kappa shape index (κ3) is 12.1. The fourth-order valence-corrected chi connectivity index (χ4v) is 4.21. The van der Waals surface area contributed by atoms with E-state index in [0.717, 1.165) is 5.56 Å². The molecule has 1 unspecified atom stereocenters. The number of hydrogen-bond donors (Lipinski definition) is 1. The van der Waals surface area contributed by atoms with Gasteiger partial charge in [0.15, 0.2) is 0 Å². The Balaban J connectivity index is 2.21. The topological polar surface area (TPSA) is 122 Å². The summed E-state index contributed by atoms with van der Waals surface area (Å²) in [5, 5.41) is 2.77. The standard InChI is InChI=1S/C31H49BN2O8/c1-28(2,3)39-25(35)24(20-34-26(36)38-21-22-15-12-11-13-16-22)23(19-33-27(37)40-29(4,5)6)17-14-18-32-41-30(7,8)31(9,10)42-32/h11-13,15-16,20,23-24H,14,17-19,21H2,1-10H3,(H,33,37)/b34-20+/t23-,24?/m0/s1. The van der Waals surface area contributed by atoms with Crippen LogP contribution >= 0.6 is 0 Å². The van der Waals surface area contributed by atoms with Gasteiger partial charge in [-0.25, -0.2) is 9.59 Å². The summed E-state index contributed by atoms with van der Waals surface area (Å²) in [6, 6.07) is 9.22. The Hall–Kier alpha value is -2.92. The van der Waals surface area contributed by atoms with E-state index in [0.29, 0.717) is 19.2 Å². The molecular formula is C31H49BN2O8. The van der Waals surface area contributed by atoms with Crippen molar-refractivity contribution in [3.8, 4) is 0 Å². The summed E-state index contributed by atoms with van der Waals surface area (Å²) >= 11 is 0. The number of carbonyl (C=O) groups excluding carboxylic acids is 3. The van der Waals surface area contributed by atoms with E-state index in [1.807, 2.05) is 58.0 Å². The van der Waals surface area contributed by atoms with Crippen LogP contribution in [0.15, 0.2) is 35.3 Å². The zero-order chi connectivity index (χ0) is 31.8. The van der Waals surface area contributed by atoms with Crippen molar-refractivity contribution in [3.05, 3.63) is 35.9 Å². The molecule has 1 fully saturated rings. The number of amides is 2. The van der Waals surface area contributed by atoms with E-state index in [1.54, 1.807) is 41.5 Å². The van der Waals surface area contributed by atoms with Crippen LogP contribution in [0.25, 0.3) is 0 Å². The van der Waals surface area contributed by atoms with Crippen molar-refractivity contribution in [2.24, 2.45) is 16.8 Å². The largest absolute Gasteiger partial charge is 0.459 e. The maximum Gasteiger partial charge on any atom is 0.457 e. The van der Waals surface area contributed by atoms with Gasteiger partial charge in [0, 0.05) is 12.8 Å². The molecule has 0 spiro atoms. The average Bonchev–Trinajstić information content (AvgIpc) is 3.04. The summed E-state index contributed by atoms with van der Waals surface area (Å²) in [7, 11) is -0.406. The van der Waals surface area contributed by atoms with Gasteiger partial charge in [0.25, 0.3) is 0 Å². The second kappa shape index (κ2) is 14.5. The summed E-state index contributed by atoms with van der Waals surface area (Å²) in [4.78, 5) is 42.3. The zero-order valence-electron chi connectivity index (χ0n) is 26.9. The molecule has 2 amide bonds. The third-order valence-electron chi connectivity index (χ3n) is 6.96. The lowest BCUT2D eigenvalue weighted by molar-refractivity contribution is -0.158. The molecule has 10 nitrogen and oxygen atoms in total. The van der Waals surface area contributed by atoms with Gasteiger partial charge in [-0.1, -0.05) is 36.8 Å². The number of aliphatic imine (C=N–C) groups is 1. The third-order valence-corrected chi connectivity index (χ3v) is 6.96. The highest BCUT2D eigenvalue weighted by Gasteiger charge is 2.50. The number of hydrogen-bond acceptors (Lipinski definition) is 8. The molecular weight excluding hydrogens is 539 g/mol. The fourth-order valence-electron chi connectivity index (χ4n) is 4.21. The van der Waals surface area contributed by atoms with Crippen molar-refractivity contribution in [1.82, 2.24) is 5.32 Å². The van der Waals surface area contributed by atoms with E-state index in [2.05, 4.69) is 10.3 Å². The number of ether oxygens (including phenoxy) is 3. The Morgan fingerprint density at radius 2 is 1.52 bits per heavy atom. The van der Waals surface area contributed by atoms with Crippen molar-refractivity contribution in [3.63, 3.8) is 0 Å². The Morgan fingerprint density at radius 3 is 2.07 bits per heavy atom. The van der Waals surface area contributed by atoms with Crippen LogP contribution in [0.3, 0.4) is 0 Å². The first-order chi connectivity index (χ1) is 19.3. The molecule has 1 aliphatic rings. The molecule has 1 N–H and O–H groups in total. The first kappa shape index (κ1) is 35.3. The molecule has 1 saturated heterocycles. The van der Waals surface area contributed by atoms with Gasteiger partial charge in [-0.05, 0) is 93.5 Å². The van der Waals surface area contributed by atoms with E-state index >= 15 is 0 Å². The normalized spacial score (nSPS) is 17.9. The van der Waals surface area contributed by atoms with E-state index in [-0.39, 0.29) is 13.2 Å². The fraction of sp³-hybridized carbons (Fsp3) is 0.677. The molecule has 2 rings (SSSR count). The van der Waals surface area contributed by atoms with E-state index < -0.39 is 59.5 Å². The van der Waals surface area contributed by atoms with Crippen LogP contribution in [0.5, 0.6) is 0 Å². The Bertz CT molecular complexity index is 1060. The van der Waals surface area contributed by atoms with Crippen LogP contribution in [0.1, 0.15) is 87.6 Å². The number of nitrogens with one attached hydrogen (secondary N) is 1. The molecule has 0 aliphatic carbocycles. The van der Waals surface area contributed by atoms with Gasteiger partial charge in [-0.3, -0.25) is 4.79 Å². The number of rotatable bonds is 11. The highest BCUT2D eigenvalue weighted by molar-refractivity contribution is 6.45. The van der Waals surface area contributed by atoms with E-state index in [9.17, 15) is 14.4 Å².